The Morgan fingerprint density at radius 3 is 2.52 bits per heavy atom. The van der Waals surface area contributed by atoms with E-state index >= 15 is 0 Å². The van der Waals surface area contributed by atoms with Crippen LogP contribution in [0.15, 0.2) is 18.2 Å². The van der Waals surface area contributed by atoms with E-state index in [2.05, 4.69) is 10.6 Å². The predicted octanol–water partition coefficient (Wildman–Crippen LogP) is 2.86. The lowest BCUT2D eigenvalue weighted by atomic mass is 10.3. The van der Waals surface area contributed by atoms with Crippen molar-refractivity contribution in [2.24, 2.45) is 0 Å². The lowest BCUT2D eigenvalue weighted by Crippen LogP contribution is -2.29. The van der Waals surface area contributed by atoms with E-state index in [-0.39, 0.29) is 18.4 Å². The molecular formula is C14H18Cl2N2O3. The average molecular weight is 333 g/mol. The summed E-state index contributed by atoms with van der Waals surface area (Å²) in [5.41, 5.74) is 0.402. The van der Waals surface area contributed by atoms with Crippen LogP contribution in [-0.4, -0.2) is 31.6 Å². The van der Waals surface area contributed by atoms with Gasteiger partial charge in [-0.15, -0.1) is 0 Å². The highest BCUT2D eigenvalue weighted by molar-refractivity contribution is 6.39. The molecule has 0 bridgehead atoms. The number of amides is 1. The van der Waals surface area contributed by atoms with E-state index in [0.717, 1.165) is 0 Å². The maximum Gasteiger partial charge on any atom is 0.305 e. The summed E-state index contributed by atoms with van der Waals surface area (Å²) < 4.78 is 4.80. The third-order valence-electron chi connectivity index (χ3n) is 2.55. The van der Waals surface area contributed by atoms with Crippen molar-refractivity contribution in [1.82, 2.24) is 5.32 Å². The number of carbonyl (C=O) groups is 2. The topological polar surface area (TPSA) is 67.4 Å². The third kappa shape index (κ3) is 6.80. The second kappa shape index (κ2) is 9.60. The van der Waals surface area contributed by atoms with Crippen molar-refractivity contribution in [3.8, 4) is 0 Å². The highest BCUT2D eigenvalue weighted by Gasteiger charge is 2.09. The van der Waals surface area contributed by atoms with E-state index < -0.39 is 0 Å². The molecule has 1 rings (SSSR count). The Balaban J connectivity index is 2.24. The number of rotatable bonds is 8. The van der Waals surface area contributed by atoms with E-state index in [9.17, 15) is 9.59 Å². The molecule has 0 aliphatic carbocycles. The van der Waals surface area contributed by atoms with E-state index in [1.807, 2.05) is 0 Å². The van der Waals surface area contributed by atoms with Gasteiger partial charge in [0.1, 0.15) is 0 Å². The molecule has 0 aliphatic heterocycles. The quantitative estimate of drug-likeness (QED) is 0.567. The minimum atomic E-state index is -0.249. The molecule has 0 fully saturated rings. The summed E-state index contributed by atoms with van der Waals surface area (Å²) in [7, 11) is 0. The fourth-order valence-electron chi connectivity index (χ4n) is 1.59. The zero-order valence-electron chi connectivity index (χ0n) is 11.7. The van der Waals surface area contributed by atoms with E-state index in [1.165, 1.54) is 0 Å². The van der Waals surface area contributed by atoms with Crippen molar-refractivity contribution < 1.29 is 14.3 Å². The molecule has 0 radical (unpaired) electrons. The Morgan fingerprint density at radius 2 is 1.90 bits per heavy atom. The SMILES string of the molecule is CCOC(=O)CCCNCC(=O)Nc1c(Cl)cccc1Cl. The lowest BCUT2D eigenvalue weighted by Gasteiger charge is -2.09. The fourth-order valence-corrected chi connectivity index (χ4v) is 2.09. The number of ether oxygens (including phenoxy) is 1. The molecule has 0 saturated carbocycles. The van der Waals surface area contributed by atoms with Gasteiger partial charge in [0.25, 0.3) is 0 Å². The Bertz CT molecular complexity index is 475. The lowest BCUT2D eigenvalue weighted by molar-refractivity contribution is -0.143. The largest absolute Gasteiger partial charge is 0.466 e. The summed E-state index contributed by atoms with van der Waals surface area (Å²) in [6.45, 7) is 2.81. The first-order valence-electron chi connectivity index (χ1n) is 6.64. The van der Waals surface area contributed by atoms with Crippen LogP contribution in [0.3, 0.4) is 0 Å². The van der Waals surface area contributed by atoms with Gasteiger partial charge in [0.2, 0.25) is 5.91 Å². The van der Waals surface area contributed by atoms with Crippen LogP contribution in [0.1, 0.15) is 19.8 Å². The summed E-state index contributed by atoms with van der Waals surface area (Å²) in [5, 5.41) is 6.35. The minimum Gasteiger partial charge on any atom is -0.466 e. The van der Waals surface area contributed by atoms with Crippen LogP contribution in [0.2, 0.25) is 10.0 Å². The van der Waals surface area contributed by atoms with Gasteiger partial charge in [-0.3, -0.25) is 9.59 Å². The fraction of sp³-hybridized carbons (Fsp3) is 0.429. The zero-order chi connectivity index (χ0) is 15.7. The van der Waals surface area contributed by atoms with Crippen LogP contribution >= 0.6 is 23.2 Å². The molecule has 21 heavy (non-hydrogen) atoms. The molecule has 0 heterocycles. The Hall–Kier alpha value is -1.30. The monoisotopic (exact) mass is 332 g/mol. The van der Waals surface area contributed by atoms with E-state index in [0.29, 0.717) is 41.7 Å². The molecule has 0 spiro atoms. The number of anilines is 1. The van der Waals surface area contributed by atoms with Crippen LogP contribution in [0.25, 0.3) is 0 Å². The first kappa shape index (κ1) is 17.8. The van der Waals surface area contributed by atoms with Crippen LogP contribution in [0.4, 0.5) is 5.69 Å². The maximum atomic E-state index is 11.7. The van der Waals surface area contributed by atoms with Gasteiger partial charge in [-0.1, -0.05) is 29.3 Å². The predicted molar refractivity (Wildman–Crippen MR) is 83.8 cm³/mol. The summed E-state index contributed by atoms with van der Waals surface area (Å²) in [5.74, 6) is -0.479. The first-order chi connectivity index (χ1) is 10.0. The average Bonchev–Trinajstić information content (AvgIpc) is 2.43. The molecule has 0 aliphatic rings. The van der Waals surface area contributed by atoms with Gasteiger partial charge in [0, 0.05) is 6.42 Å². The van der Waals surface area contributed by atoms with Crippen molar-refractivity contribution in [3.63, 3.8) is 0 Å². The van der Waals surface area contributed by atoms with Gasteiger partial charge >= 0.3 is 5.97 Å². The smallest absolute Gasteiger partial charge is 0.305 e. The number of hydrogen-bond donors (Lipinski definition) is 2. The summed E-state index contributed by atoms with van der Waals surface area (Å²) in [6, 6.07) is 5.00. The molecule has 1 aromatic rings. The number of para-hydroxylation sites is 1. The third-order valence-corrected chi connectivity index (χ3v) is 3.18. The number of carbonyl (C=O) groups excluding carboxylic acids is 2. The zero-order valence-corrected chi connectivity index (χ0v) is 13.3. The van der Waals surface area contributed by atoms with E-state index in [1.54, 1.807) is 25.1 Å². The van der Waals surface area contributed by atoms with Crippen LogP contribution in [-0.2, 0) is 14.3 Å². The molecule has 0 aromatic heterocycles. The van der Waals surface area contributed by atoms with Gasteiger partial charge in [-0.2, -0.15) is 0 Å². The van der Waals surface area contributed by atoms with Crippen molar-refractivity contribution in [2.45, 2.75) is 19.8 Å². The summed E-state index contributed by atoms with van der Waals surface area (Å²) in [6.07, 6.45) is 0.942. The maximum absolute atomic E-state index is 11.7. The van der Waals surface area contributed by atoms with Crippen LogP contribution in [0.5, 0.6) is 0 Å². The highest BCUT2D eigenvalue weighted by Crippen LogP contribution is 2.29. The van der Waals surface area contributed by atoms with E-state index in [4.69, 9.17) is 27.9 Å². The molecule has 1 amide bonds. The number of benzene rings is 1. The van der Waals surface area contributed by atoms with Gasteiger partial charge < -0.3 is 15.4 Å². The highest BCUT2D eigenvalue weighted by atomic mass is 35.5. The van der Waals surface area contributed by atoms with Crippen molar-refractivity contribution in [1.29, 1.82) is 0 Å². The second-order valence-corrected chi connectivity index (χ2v) is 5.04. The Labute approximate surface area is 133 Å². The molecule has 0 atom stereocenters. The Morgan fingerprint density at radius 1 is 1.24 bits per heavy atom. The van der Waals surface area contributed by atoms with Gasteiger partial charge in [-0.25, -0.2) is 0 Å². The molecule has 7 heteroatoms. The Kier molecular flexibility index (Phi) is 8.12. The molecule has 1 aromatic carbocycles. The first-order valence-corrected chi connectivity index (χ1v) is 7.40. The van der Waals surface area contributed by atoms with Gasteiger partial charge in [0.05, 0.1) is 28.9 Å². The normalized spacial score (nSPS) is 10.2. The summed E-state index contributed by atoms with van der Waals surface area (Å²) >= 11 is 11.9. The molecular weight excluding hydrogens is 315 g/mol. The van der Waals surface area contributed by atoms with Gasteiger partial charge in [0.15, 0.2) is 0 Å². The molecule has 5 nitrogen and oxygen atoms in total. The van der Waals surface area contributed by atoms with Crippen molar-refractivity contribution in [2.75, 3.05) is 25.0 Å². The van der Waals surface area contributed by atoms with Crippen molar-refractivity contribution in [3.05, 3.63) is 28.2 Å². The van der Waals surface area contributed by atoms with Gasteiger partial charge in [-0.05, 0) is 32.0 Å². The summed E-state index contributed by atoms with van der Waals surface area (Å²) in [4.78, 5) is 22.8. The second-order valence-electron chi connectivity index (χ2n) is 4.23. The molecule has 0 unspecified atom stereocenters. The standard InChI is InChI=1S/C14H18Cl2N2O3/c1-2-21-13(20)7-4-8-17-9-12(19)18-14-10(15)5-3-6-11(14)16/h3,5-6,17H,2,4,7-9H2,1H3,(H,18,19). The number of esters is 1. The van der Waals surface area contributed by atoms with Crippen LogP contribution in [0, 0.1) is 0 Å². The number of halogens is 2. The molecule has 116 valence electrons. The molecule has 0 saturated heterocycles. The molecule has 2 N–H and O–H groups in total. The number of nitrogens with one attached hydrogen (secondary N) is 2. The van der Waals surface area contributed by atoms with Crippen molar-refractivity contribution >= 4 is 40.8 Å². The number of hydrogen-bond acceptors (Lipinski definition) is 4. The van der Waals surface area contributed by atoms with Crippen LogP contribution < -0.4 is 10.6 Å². The minimum absolute atomic E-state index is 0.115.